The fraction of sp³-hybridized carbons (Fsp3) is 0.625. The summed E-state index contributed by atoms with van der Waals surface area (Å²) in [5.41, 5.74) is 0. The van der Waals surface area contributed by atoms with Crippen molar-refractivity contribution in [2.45, 2.75) is 11.4 Å². The maximum atomic E-state index is 11.3. The number of methoxy groups -OCH3 is 2. The number of ether oxygens (including phenoxy) is 2. The first-order chi connectivity index (χ1) is 6.88. The summed E-state index contributed by atoms with van der Waals surface area (Å²) in [7, 11) is 2.34. The van der Waals surface area contributed by atoms with Gasteiger partial charge in [-0.2, -0.15) is 0 Å². The number of halogens is 1. The number of hydrogen-bond donors (Lipinski definition) is 1. The van der Waals surface area contributed by atoms with Crippen LogP contribution >= 0.6 is 15.9 Å². The molecule has 0 aromatic heterocycles. The van der Waals surface area contributed by atoms with Crippen molar-refractivity contribution in [3.63, 3.8) is 0 Å². The lowest BCUT2D eigenvalue weighted by Gasteiger charge is -2.22. The quantitative estimate of drug-likeness (QED) is 0.320. The van der Waals surface area contributed by atoms with Crippen molar-refractivity contribution < 1.29 is 23.9 Å². The van der Waals surface area contributed by atoms with E-state index in [1.54, 1.807) is 0 Å². The summed E-state index contributed by atoms with van der Waals surface area (Å²) in [6, 6.07) is 0. The molecule has 0 rings (SSSR count). The average molecular weight is 282 g/mol. The van der Waals surface area contributed by atoms with Gasteiger partial charge in [-0.05, 0) is 22.9 Å². The Morgan fingerprint density at radius 3 is 2.13 bits per heavy atom. The summed E-state index contributed by atoms with van der Waals surface area (Å²) in [6.07, 6.45) is 0. The van der Waals surface area contributed by atoms with Crippen molar-refractivity contribution in [3.8, 4) is 0 Å². The molecule has 1 N–H and O–H groups in total. The number of carbonyl (C=O) groups excluding carboxylic acids is 3. The first-order valence-electron chi connectivity index (χ1n) is 3.98. The molecule has 0 aliphatic carbocycles. The Labute approximate surface area is 95.4 Å². The fourth-order valence-electron chi connectivity index (χ4n) is 0.747. The van der Waals surface area contributed by atoms with Gasteiger partial charge in [0.15, 0.2) is 5.78 Å². The minimum absolute atomic E-state index is 0.281. The second-order valence-electron chi connectivity index (χ2n) is 2.64. The second-order valence-corrected chi connectivity index (χ2v) is 3.83. The number of nitrogens with one attached hydrogen (secondary N) is 1. The molecule has 0 fully saturated rings. The highest BCUT2D eigenvalue weighted by molar-refractivity contribution is 9.10. The zero-order valence-electron chi connectivity index (χ0n) is 8.63. The first kappa shape index (κ1) is 14.1. The number of hydrogen-bond acceptors (Lipinski definition) is 6. The summed E-state index contributed by atoms with van der Waals surface area (Å²) in [4.78, 5) is 33.3. The van der Waals surface area contributed by atoms with Crippen LogP contribution in [0.15, 0.2) is 0 Å². The van der Waals surface area contributed by atoms with Crippen LogP contribution in [0.2, 0.25) is 0 Å². The van der Waals surface area contributed by atoms with E-state index >= 15 is 0 Å². The molecule has 6 nitrogen and oxygen atoms in total. The van der Waals surface area contributed by atoms with Crippen molar-refractivity contribution in [2.75, 3.05) is 20.8 Å². The van der Waals surface area contributed by atoms with E-state index in [1.807, 2.05) is 0 Å². The van der Waals surface area contributed by atoms with E-state index in [2.05, 4.69) is 30.7 Å². The topological polar surface area (TPSA) is 81.7 Å². The predicted octanol–water partition coefficient (Wildman–Crippen LogP) is -0.398. The monoisotopic (exact) mass is 281 g/mol. The molecule has 15 heavy (non-hydrogen) atoms. The lowest BCUT2D eigenvalue weighted by Crippen LogP contribution is -2.54. The van der Waals surface area contributed by atoms with Crippen molar-refractivity contribution in [1.82, 2.24) is 5.32 Å². The maximum absolute atomic E-state index is 11.3. The van der Waals surface area contributed by atoms with Crippen molar-refractivity contribution in [1.29, 1.82) is 0 Å². The van der Waals surface area contributed by atoms with Crippen LogP contribution in [0.1, 0.15) is 6.92 Å². The molecule has 0 heterocycles. The molecule has 0 aromatic rings. The SMILES string of the molecule is COC(=O)CNC(Br)(C(C)=O)C(=O)OC. The predicted molar refractivity (Wildman–Crippen MR) is 54.4 cm³/mol. The van der Waals surface area contributed by atoms with Crippen LogP contribution in [0.3, 0.4) is 0 Å². The smallest absolute Gasteiger partial charge is 0.345 e. The van der Waals surface area contributed by atoms with Gasteiger partial charge in [0.05, 0.1) is 20.8 Å². The highest BCUT2D eigenvalue weighted by Crippen LogP contribution is 2.17. The van der Waals surface area contributed by atoms with Gasteiger partial charge in [-0.1, -0.05) is 0 Å². The van der Waals surface area contributed by atoms with Gasteiger partial charge in [0, 0.05) is 0 Å². The zero-order valence-corrected chi connectivity index (χ0v) is 10.2. The molecule has 0 aliphatic heterocycles. The minimum Gasteiger partial charge on any atom is -0.468 e. The van der Waals surface area contributed by atoms with E-state index in [-0.39, 0.29) is 6.54 Å². The van der Waals surface area contributed by atoms with E-state index in [9.17, 15) is 14.4 Å². The van der Waals surface area contributed by atoms with Gasteiger partial charge in [0.2, 0.25) is 4.45 Å². The molecule has 0 spiro atoms. The van der Waals surface area contributed by atoms with Crippen LogP contribution < -0.4 is 5.32 Å². The molecular weight excluding hydrogens is 270 g/mol. The number of carbonyl (C=O) groups is 3. The lowest BCUT2D eigenvalue weighted by molar-refractivity contribution is -0.148. The van der Waals surface area contributed by atoms with Crippen molar-refractivity contribution >= 4 is 33.7 Å². The molecule has 0 saturated heterocycles. The Balaban J connectivity index is 4.60. The van der Waals surface area contributed by atoms with Gasteiger partial charge in [-0.15, -0.1) is 0 Å². The van der Waals surface area contributed by atoms with Crippen LogP contribution in [-0.4, -0.2) is 42.9 Å². The zero-order chi connectivity index (χ0) is 12.1. The highest BCUT2D eigenvalue weighted by Gasteiger charge is 2.42. The molecule has 0 aromatic carbocycles. The maximum Gasteiger partial charge on any atom is 0.345 e. The molecule has 86 valence electrons. The first-order valence-corrected chi connectivity index (χ1v) is 4.78. The van der Waals surface area contributed by atoms with Crippen LogP contribution in [0.4, 0.5) is 0 Å². The molecule has 0 amide bonds. The number of esters is 2. The third kappa shape index (κ3) is 3.60. The standard InChI is InChI=1S/C8H12BrNO5/c1-5(11)8(9,7(13)15-3)10-4-6(12)14-2/h10H,4H2,1-3H3. The Hall–Kier alpha value is -0.950. The van der Waals surface area contributed by atoms with Gasteiger partial charge in [0.1, 0.15) is 0 Å². The fourth-order valence-corrected chi connectivity index (χ4v) is 1.05. The number of rotatable bonds is 5. The van der Waals surface area contributed by atoms with Crippen LogP contribution in [-0.2, 0) is 23.9 Å². The van der Waals surface area contributed by atoms with Gasteiger partial charge in [-0.3, -0.25) is 14.9 Å². The summed E-state index contributed by atoms with van der Waals surface area (Å²) >= 11 is 2.89. The molecule has 0 radical (unpaired) electrons. The van der Waals surface area contributed by atoms with E-state index in [4.69, 9.17) is 0 Å². The second kappa shape index (κ2) is 5.82. The molecule has 1 atom stereocenters. The van der Waals surface area contributed by atoms with Gasteiger partial charge >= 0.3 is 11.9 Å². The summed E-state index contributed by atoms with van der Waals surface area (Å²) < 4.78 is 7.08. The number of alkyl halides is 1. The van der Waals surface area contributed by atoms with Crippen LogP contribution in [0.5, 0.6) is 0 Å². The van der Waals surface area contributed by atoms with Gasteiger partial charge in [0.25, 0.3) is 0 Å². The van der Waals surface area contributed by atoms with Crippen molar-refractivity contribution in [3.05, 3.63) is 0 Å². The molecule has 0 aliphatic rings. The van der Waals surface area contributed by atoms with E-state index in [1.165, 1.54) is 14.0 Å². The van der Waals surface area contributed by atoms with Gasteiger partial charge < -0.3 is 9.47 Å². The van der Waals surface area contributed by atoms with E-state index < -0.39 is 22.2 Å². The number of Topliss-reactive ketones (excluding diaryl/α,β-unsaturated/α-hetero) is 1. The molecule has 7 heteroatoms. The van der Waals surface area contributed by atoms with Gasteiger partial charge in [-0.25, -0.2) is 4.79 Å². The third-order valence-electron chi connectivity index (χ3n) is 1.66. The largest absolute Gasteiger partial charge is 0.468 e. The van der Waals surface area contributed by atoms with E-state index in [0.717, 1.165) is 7.11 Å². The summed E-state index contributed by atoms with van der Waals surface area (Å²) in [6.45, 7) is 0.909. The van der Waals surface area contributed by atoms with E-state index in [0.29, 0.717) is 0 Å². The van der Waals surface area contributed by atoms with Crippen molar-refractivity contribution in [2.24, 2.45) is 0 Å². The third-order valence-corrected chi connectivity index (χ3v) is 2.82. The molecular formula is C8H12BrNO5. The molecule has 1 unspecified atom stereocenters. The lowest BCUT2D eigenvalue weighted by atomic mass is 10.2. The Morgan fingerprint density at radius 1 is 1.27 bits per heavy atom. The summed E-state index contributed by atoms with van der Waals surface area (Å²) in [5.74, 6) is -1.93. The Kier molecular flexibility index (Phi) is 5.45. The normalized spacial score (nSPS) is 13.9. The molecule has 0 bridgehead atoms. The summed E-state index contributed by atoms with van der Waals surface area (Å²) in [5, 5.41) is 2.42. The minimum atomic E-state index is -1.70. The average Bonchev–Trinajstić information content (AvgIpc) is 2.23. The Bertz CT molecular complexity index is 280. The highest BCUT2D eigenvalue weighted by atomic mass is 79.9. The molecule has 0 saturated carbocycles. The van der Waals surface area contributed by atoms with Crippen LogP contribution in [0, 0.1) is 0 Å². The number of ketones is 1. The van der Waals surface area contributed by atoms with Crippen LogP contribution in [0.25, 0.3) is 0 Å². The Morgan fingerprint density at radius 2 is 1.80 bits per heavy atom.